The first-order chi connectivity index (χ1) is 5.04. The van der Waals surface area contributed by atoms with Gasteiger partial charge in [-0.3, -0.25) is 14.4 Å². The number of rotatable bonds is 0. The molecule has 1 aliphatic rings. The Hall–Kier alpha value is -1.29. The van der Waals surface area contributed by atoms with Crippen LogP contribution in [-0.2, 0) is 14.4 Å². The summed E-state index contributed by atoms with van der Waals surface area (Å²) in [6.07, 6.45) is -0.791. The lowest BCUT2D eigenvalue weighted by Gasteiger charge is -2.10. The van der Waals surface area contributed by atoms with E-state index < -0.39 is 23.5 Å². The molecule has 0 spiro atoms. The average Bonchev–Trinajstić information content (AvgIpc) is 1.97. The van der Waals surface area contributed by atoms with Crippen LogP contribution in [-0.4, -0.2) is 28.6 Å². The van der Waals surface area contributed by atoms with Crippen LogP contribution in [0.25, 0.3) is 0 Å². The number of hydrogen-bond acceptors (Lipinski definition) is 4. The molecule has 1 atom stereocenters. The topological polar surface area (TPSA) is 71.4 Å². The molecule has 0 saturated heterocycles. The van der Waals surface area contributed by atoms with E-state index in [1.807, 2.05) is 0 Å². The first kappa shape index (κ1) is 7.81. The molecule has 0 aromatic rings. The SMILES string of the molecule is CC1=CC(=O)C(O)C(=O)C1=O. The molecule has 0 bridgehead atoms. The highest BCUT2D eigenvalue weighted by atomic mass is 16.3. The van der Waals surface area contributed by atoms with E-state index in [9.17, 15) is 14.4 Å². The van der Waals surface area contributed by atoms with Gasteiger partial charge in [0.1, 0.15) is 0 Å². The van der Waals surface area contributed by atoms with Crippen LogP contribution in [0.5, 0.6) is 0 Å². The average molecular weight is 154 g/mol. The lowest BCUT2D eigenvalue weighted by atomic mass is 9.95. The van der Waals surface area contributed by atoms with Crippen molar-refractivity contribution >= 4 is 17.3 Å². The minimum atomic E-state index is -1.77. The monoisotopic (exact) mass is 154 g/mol. The summed E-state index contributed by atoms with van der Waals surface area (Å²) in [6.45, 7) is 1.37. The molecule has 4 heteroatoms. The zero-order valence-corrected chi connectivity index (χ0v) is 5.83. The molecule has 0 amide bonds. The number of aliphatic hydroxyl groups is 1. The number of aliphatic hydroxyl groups excluding tert-OH is 1. The number of ketones is 3. The van der Waals surface area contributed by atoms with Gasteiger partial charge in [0.25, 0.3) is 0 Å². The van der Waals surface area contributed by atoms with E-state index in [-0.39, 0.29) is 5.57 Å². The van der Waals surface area contributed by atoms with E-state index in [2.05, 4.69) is 0 Å². The molecule has 0 heterocycles. The van der Waals surface area contributed by atoms with Gasteiger partial charge in [-0.15, -0.1) is 0 Å². The van der Waals surface area contributed by atoms with Gasteiger partial charge in [0.05, 0.1) is 0 Å². The predicted octanol–water partition coefficient (Wildman–Crippen LogP) is -0.986. The Kier molecular flexibility index (Phi) is 1.70. The molecule has 1 rings (SSSR count). The van der Waals surface area contributed by atoms with Crippen LogP contribution in [0.2, 0.25) is 0 Å². The molecule has 4 nitrogen and oxygen atoms in total. The second-order valence-corrected chi connectivity index (χ2v) is 2.33. The zero-order valence-electron chi connectivity index (χ0n) is 5.83. The standard InChI is InChI=1S/C7H6O4/c1-3-2-4(8)6(10)7(11)5(3)9/h2,6,10H,1H3. The predicted molar refractivity (Wildman–Crippen MR) is 34.8 cm³/mol. The van der Waals surface area contributed by atoms with Gasteiger partial charge >= 0.3 is 0 Å². The number of hydrogen-bond donors (Lipinski definition) is 1. The molecular formula is C7H6O4. The fourth-order valence-electron chi connectivity index (χ4n) is 0.806. The summed E-state index contributed by atoms with van der Waals surface area (Å²) in [7, 11) is 0. The van der Waals surface area contributed by atoms with E-state index in [1.54, 1.807) is 0 Å². The minimum Gasteiger partial charge on any atom is -0.377 e. The minimum absolute atomic E-state index is 0.0882. The second-order valence-electron chi connectivity index (χ2n) is 2.33. The maximum Gasteiger partial charge on any atom is 0.239 e. The van der Waals surface area contributed by atoms with Crippen molar-refractivity contribution in [2.24, 2.45) is 0 Å². The van der Waals surface area contributed by atoms with Gasteiger partial charge < -0.3 is 5.11 Å². The van der Waals surface area contributed by atoms with Gasteiger partial charge in [0, 0.05) is 5.57 Å². The van der Waals surface area contributed by atoms with Crippen molar-refractivity contribution < 1.29 is 19.5 Å². The molecule has 0 fully saturated rings. The Morgan fingerprint density at radius 3 is 2.45 bits per heavy atom. The van der Waals surface area contributed by atoms with E-state index >= 15 is 0 Å². The molecule has 1 aliphatic carbocycles. The summed E-state index contributed by atoms with van der Waals surface area (Å²) in [5, 5.41) is 8.77. The first-order valence-electron chi connectivity index (χ1n) is 3.03. The first-order valence-corrected chi connectivity index (χ1v) is 3.03. The third-order valence-electron chi connectivity index (χ3n) is 1.46. The lowest BCUT2D eigenvalue weighted by molar-refractivity contribution is -0.144. The fraction of sp³-hybridized carbons (Fsp3) is 0.286. The van der Waals surface area contributed by atoms with Crippen molar-refractivity contribution in [1.29, 1.82) is 0 Å². The normalized spacial score (nSPS) is 25.5. The highest BCUT2D eigenvalue weighted by molar-refractivity contribution is 6.51. The number of allylic oxidation sites excluding steroid dienone is 1. The quantitative estimate of drug-likeness (QED) is 0.359. The van der Waals surface area contributed by atoms with Crippen molar-refractivity contribution in [2.45, 2.75) is 13.0 Å². The Balaban J connectivity index is 3.12. The van der Waals surface area contributed by atoms with Crippen LogP contribution >= 0.6 is 0 Å². The Morgan fingerprint density at radius 1 is 1.36 bits per heavy atom. The van der Waals surface area contributed by atoms with Gasteiger partial charge in [-0.25, -0.2) is 0 Å². The van der Waals surface area contributed by atoms with Crippen molar-refractivity contribution in [3.8, 4) is 0 Å². The maximum atomic E-state index is 10.8. The Bertz CT molecular complexity index is 274. The number of carbonyl (C=O) groups is 3. The Labute approximate surface area is 62.5 Å². The Morgan fingerprint density at radius 2 is 1.91 bits per heavy atom. The molecule has 0 aliphatic heterocycles. The summed E-state index contributed by atoms with van der Waals surface area (Å²) in [6, 6.07) is 0. The third kappa shape index (κ3) is 1.12. The third-order valence-corrected chi connectivity index (χ3v) is 1.46. The molecule has 0 aromatic heterocycles. The van der Waals surface area contributed by atoms with Gasteiger partial charge in [-0.05, 0) is 13.0 Å². The van der Waals surface area contributed by atoms with Crippen LogP contribution in [0, 0.1) is 0 Å². The van der Waals surface area contributed by atoms with Gasteiger partial charge in [-0.2, -0.15) is 0 Å². The van der Waals surface area contributed by atoms with Crippen LogP contribution < -0.4 is 0 Å². The lowest BCUT2D eigenvalue weighted by Crippen LogP contribution is -2.38. The van der Waals surface area contributed by atoms with Crippen molar-refractivity contribution in [3.63, 3.8) is 0 Å². The van der Waals surface area contributed by atoms with Crippen LogP contribution in [0.4, 0.5) is 0 Å². The van der Waals surface area contributed by atoms with Gasteiger partial charge in [0.15, 0.2) is 11.9 Å². The van der Waals surface area contributed by atoms with Crippen LogP contribution in [0.1, 0.15) is 6.92 Å². The molecule has 1 N–H and O–H groups in total. The summed E-state index contributed by atoms with van der Waals surface area (Å²) in [4.78, 5) is 32.1. The molecule has 0 aromatic carbocycles. The van der Waals surface area contributed by atoms with E-state index in [4.69, 9.17) is 5.11 Å². The largest absolute Gasteiger partial charge is 0.377 e. The molecule has 0 radical (unpaired) electrons. The van der Waals surface area contributed by atoms with Crippen molar-refractivity contribution in [2.75, 3.05) is 0 Å². The smallest absolute Gasteiger partial charge is 0.239 e. The molecule has 58 valence electrons. The van der Waals surface area contributed by atoms with Gasteiger partial charge in [0.2, 0.25) is 11.6 Å². The fourth-order valence-corrected chi connectivity index (χ4v) is 0.806. The highest BCUT2D eigenvalue weighted by Gasteiger charge is 2.33. The van der Waals surface area contributed by atoms with E-state index in [0.29, 0.717) is 0 Å². The summed E-state index contributed by atoms with van der Waals surface area (Å²) >= 11 is 0. The van der Waals surface area contributed by atoms with Crippen molar-refractivity contribution in [1.82, 2.24) is 0 Å². The molecular weight excluding hydrogens is 148 g/mol. The van der Waals surface area contributed by atoms with Crippen LogP contribution in [0.15, 0.2) is 11.6 Å². The summed E-state index contributed by atoms with van der Waals surface area (Å²) in [5.74, 6) is -2.53. The second kappa shape index (κ2) is 2.39. The van der Waals surface area contributed by atoms with E-state index in [1.165, 1.54) is 6.92 Å². The molecule has 1 unspecified atom stereocenters. The molecule has 0 saturated carbocycles. The van der Waals surface area contributed by atoms with Gasteiger partial charge in [-0.1, -0.05) is 0 Å². The van der Waals surface area contributed by atoms with E-state index in [0.717, 1.165) is 6.08 Å². The molecule has 11 heavy (non-hydrogen) atoms. The summed E-state index contributed by atoms with van der Waals surface area (Å²) < 4.78 is 0. The van der Waals surface area contributed by atoms with Crippen molar-refractivity contribution in [3.05, 3.63) is 11.6 Å². The maximum absolute atomic E-state index is 10.8. The number of Topliss-reactive ketones (excluding diaryl/α,β-unsaturated/α-hetero) is 2. The van der Waals surface area contributed by atoms with Crippen LogP contribution in [0.3, 0.4) is 0 Å². The zero-order chi connectivity index (χ0) is 8.59. The summed E-state index contributed by atoms with van der Waals surface area (Å²) in [5.41, 5.74) is 0.0882. The number of carbonyl (C=O) groups excluding carboxylic acids is 3. The highest BCUT2D eigenvalue weighted by Crippen LogP contribution is 2.07.